The Kier molecular flexibility index (Phi) is 4.93. The van der Waals surface area contributed by atoms with E-state index < -0.39 is 11.7 Å². The van der Waals surface area contributed by atoms with Crippen LogP contribution < -0.4 is 15.7 Å². The van der Waals surface area contributed by atoms with Crippen LogP contribution in [-0.2, 0) is 4.79 Å². The van der Waals surface area contributed by atoms with E-state index in [0.29, 0.717) is 17.1 Å². The van der Waals surface area contributed by atoms with Crippen molar-refractivity contribution >= 4 is 16.9 Å². The van der Waals surface area contributed by atoms with Crippen molar-refractivity contribution in [3.63, 3.8) is 0 Å². The summed E-state index contributed by atoms with van der Waals surface area (Å²) in [6.07, 6.45) is 1.57. The topological polar surface area (TPSA) is 81.7 Å². The molecule has 1 N–H and O–H groups in total. The molecule has 0 bridgehead atoms. The van der Waals surface area contributed by atoms with Crippen LogP contribution in [0.4, 0.5) is 0 Å². The highest BCUT2D eigenvalue weighted by Crippen LogP contribution is 2.23. The maximum Gasteiger partial charge on any atom is 0.336 e. The fourth-order valence-corrected chi connectivity index (χ4v) is 2.90. The van der Waals surface area contributed by atoms with Crippen LogP contribution in [-0.4, -0.2) is 12.5 Å². The van der Waals surface area contributed by atoms with Crippen molar-refractivity contribution in [2.75, 3.05) is 6.61 Å². The number of hydrogen-bond acceptors (Lipinski definition) is 5. The molecular formula is C22H17NO5. The minimum absolute atomic E-state index is 0.188. The quantitative estimate of drug-likeness (QED) is 0.520. The van der Waals surface area contributed by atoms with E-state index in [0.717, 1.165) is 10.9 Å². The van der Waals surface area contributed by atoms with E-state index in [-0.39, 0.29) is 12.5 Å². The van der Waals surface area contributed by atoms with Gasteiger partial charge in [-0.1, -0.05) is 30.3 Å². The number of carbonyl (C=O) groups excluding carboxylic acids is 1. The second kappa shape index (κ2) is 7.84. The summed E-state index contributed by atoms with van der Waals surface area (Å²) in [5, 5.41) is 3.70. The van der Waals surface area contributed by atoms with Crippen LogP contribution in [0.15, 0.2) is 92.7 Å². The lowest BCUT2D eigenvalue weighted by atomic mass is 10.0. The Morgan fingerprint density at radius 2 is 1.82 bits per heavy atom. The largest absolute Gasteiger partial charge is 0.484 e. The summed E-state index contributed by atoms with van der Waals surface area (Å²) in [5.74, 6) is 0.762. The zero-order valence-corrected chi connectivity index (χ0v) is 14.8. The van der Waals surface area contributed by atoms with E-state index >= 15 is 0 Å². The lowest BCUT2D eigenvalue weighted by Gasteiger charge is -2.17. The average molecular weight is 375 g/mol. The van der Waals surface area contributed by atoms with Crippen molar-refractivity contribution in [2.45, 2.75) is 6.04 Å². The van der Waals surface area contributed by atoms with Gasteiger partial charge in [0.2, 0.25) is 0 Å². The number of fused-ring (bicyclic) bond motifs is 1. The van der Waals surface area contributed by atoms with Crippen molar-refractivity contribution < 1.29 is 18.4 Å². The summed E-state index contributed by atoms with van der Waals surface area (Å²) in [6, 6.07) is 20.8. The van der Waals surface area contributed by atoms with Crippen molar-refractivity contribution in [3.05, 3.63) is 101 Å². The predicted octanol–water partition coefficient (Wildman–Crippen LogP) is 3.67. The molecule has 2 heterocycles. The lowest BCUT2D eigenvalue weighted by molar-refractivity contribution is -0.123. The molecular weight excluding hydrogens is 358 g/mol. The summed E-state index contributed by atoms with van der Waals surface area (Å²) in [4.78, 5) is 23.8. The Balaban J connectivity index is 1.46. The fourth-order valence-electron chi connectivity index (χ4n) is 2.90. The van der Waals surface area contributed by atoms with Gasteiger partial charge in [0, 0.05) is 17.5 Å². The van der Waals surface area contributed by atoms with Crippen LogP contribution in [0.5, 0.6) is 5.75 Å². The zero-order chi connectivity index (χ0) is 19.3. The molecule has 0 fully saturated rings. The number of carbonyl (C=O) groups is 1. The monoisotopic (exact) mass is 375 g/mol. The Morgan fingerprint density at radius 1 is 1.00 bits per heavy atom. The summed E-state index contributed by atoms with van der Waals surface area (Å²) < 4.78 is 16.2. The summed E-state index contributed by atoms with van der Waals surface area (Å²) in [7, 11) is 0. The number of amides is 1. The van der Waals surface area contributed by atoms with Gasteiger partial charge in [0.25, 0.3) is 5.91 Å². The molecule has 0 aliphatic rings. The molecule has 4 rings (SSSR count). The molecule has 140 valence electrons. The molecule has 6 nitrogen and oxygen atoms in total. The predicted molar refractivity (Wildman–Crippen MR) is 103 cm³/mol. The molecule has 0 aliphatic heterocycles. The van der Waals surface area contributed by atoms with Crippen LogP contribution in [0, 0.1) is 0 Å². The van der Waals surface area contributed by atoms with Gasteiger partial charge in [0.15, 0.2) is 6.61 Å². The second-order valence-corrected chi connectivity index (χ2v) is 6.17. The van der Waals surface area contributed by atoms with Crippen LogP contribution in [0.2, 0.25) is 0 Å². The number of hydrogen-bond donors (Lipinski definition) is 1. The minimum Gasteiger partial charge on any atom is -0.484 e. The van der Waals surface area contributed by atoms with Crippen LogP contribution in [0.25, 0.3) is 11.0 Å². The van der Waals surface area contributed by atoms with Crippen molar-refractivity contribution in [3.8, 4) is 5.75 Å². The van der Waals surface area contributed by atoms with E-state index in [1.54, 1.807) is 36.6 Å². The van der Waals surface area contributed by atoms with Crippen molar-refractivity contribution in [1.82, 2.24) is 5.32 Å². The van der Waals surface area contributed by atoms with Crippen LogP contribution >= 0.6 is 0 Å². The molecule has 1 unspecified atom stereocenters. The van der Waals surface area contributed by atoms with Crippen molar-refractivity contribution in [1.29, 1.82) is 0 Å². The van der Waals surface area contributed by atoms with Gasteiger partial charge < -0.3 is 18.9 Å². The molecule has 1 amide bonds. The number of rotatable bonds is 6. The van der Waals surface area contributed by atoms with Gasteiger partial charge in [0.1, 0.15) is 23.1 Å². The number of benzene rings is 2. The maximum absolute atomic E-state index is 12.5. The first-order chi connectivity index (χ1) is 13.7. The van der Waals surface area contributed by atoms with E-state index in [1.165, 1.54) is 6.07 Å². The standard InChI is InChI=1S/C22H17NO5/c24-20(14-27-17-10-8-15-9-11-21(25)28-19(15)13-17)23-22(18-7-4-12-26-18)16-5-2-1-3-6-16/h1-13,22H,14H2,(H,23,24). The third kappa shape index (κ3) is 3.96. The first-order valence-electron chi connectivity index (χ1n) is 8.73. The smallest absolute Gasteiger partial charge is 0.336 e. The molecule has 1 atom stereocenters. The molecule has 0 aliphatic carbocycles. The highest BCUT2D eigenvalue weighted by atomic mass is 16.5. The molecule has 6 heteroatoms. The third-order valence-corrected chi connectivity index (χ3v) is 4.23. The molecule has 28 heavy (non-hydrogen) atoms. The molecule has 4 aromatic rings. The molecule has 0 saturated heterocycles. The van der Waals surface area contributed by atoms with Crippen LogP contribution in [0.1, 0.15) is 17.4 Å². The Hall–Kier alpha value is -3.80. The highest BCUT2D eigenvalue weighted by molar-refractivity contribution is 5.80. The summed E-state index contributed by atoms with van der Waals surface area (Å²) >= 11 is 0. The van der Waals surface area contributed by atoms with E-state index in [1.807, 2.05) is 36.4 Å². The van der Waals surface area contributed by atoms with E-state index in [9.17, 15) is 9.59 Å². The maximum atomic E-state index is 12.5. The average Bonchev–Trinajstić information content (AvgIpc) is 3.25. The summed E-state index contributed by atoms with van der Waals surface area (Å²) in [6.45, 7) is -0.188. The number of nitrogens with one attached hydrogen (secondary N) is 1. The first-order valence-corrected chi connectivity index (χ1v) is 8.73. The van der Waals surface area contributed by atoms with Crippen molar-refractivity contribution in [2.24, 2.45) is 0 Å². The van der Waals surface area contributed by atoms with Gasteiger partial charge >= 0.3 is 5.63 Å². The normalized spacial score (nSPS) is 11.9. The lowest BCUT2D eigenvalue weighted by Crippen LogP contribution is -2.33. The van der Waals surface area contributed by atoms with E-state index in [4.69, 9.17) is 13.6 Å². The van der Waals surface area contributed by atoms with Gasteiger partial charge in [-0.05, 0) is 35.9 Å². The van der Waals surface area contributed by atoms with Gasteiger partial charge in [0.05, 0.1) is 6.26 Å². The molecule has 0 saturated carbocycles. The van der Waals surface area contributed by atoms with Gasteiger partial charge in [-0.2, -0.15) is 0 Å². The van der Waals surface area contributed by atoms with Gasteiger partial charge in [-0.3, -0.25) is 4.79 Å². The highest BCUT2D eigenvalue weighted by Gasteiger charge is 2.19. The number of ether oxygens (including phenoxy) is 1. The summed E-state index contributed by atoms with van der Waals surface area (Å²) in [5.41, 5.74) is 0.868. The minimum atomic E-state index is -0.438. The third-order valence-electron chi connectivity index (χ3n) is 4.23. The Morgan fingerprint density at radius 3 is 2.61 bits per heavy atom. The van der Waals surface area contributed by atoms with E-state index in [2.05, 4.69) is 5.32 Å². The zero-order valence-electron chi connectivity index (χ0n) is 14.8. The van der Waals surface area contributed by atoms with Crippen LogP contribution in [0.3, 0.4) is 0 Å². The molecule has 0 radical (unpaired) electrons. The SMILES string of the molecule is O=C(COc1ccc2ccc(=O)oc2c1)NC(c1ccccc1)c1ccco1. The molecule has 2 aromatic heterocycles. The van der Waals surface area contributed by atoms with Gasteiger partial charge in [-0.25, -0.2) is 4.79 Å². The molecule has 2 aromatic carbocycles. The second-order valence-electron chi connectivity index (χ2n) is 6.17. The van der Waals surface area contributed by atoms with Gasteiger partial charge in [-0.15, -0.1) is 0 Å². The molecule has 0 spiro atoms. The Bertz CT molecular complexity index is 1130. The fraction of sp³-hybridized carbons (Fsp3) is 0.0909. The number of furan rings is 1. The first kappa shape index (κ1) is 17.6. The Labute approximate surface area is 160 Å².